The smallest absolute Gasteiger partial charge is 0.241 e. The molecule has 1 heterocycles. The largest absolute Gasteiger partial charge is 0.496 e. The predicted molar refractivity (Wildman–Crippen MR) is 86.4 cm³/mol. The molecule has 7 nitrogen and oxygen atoms in total. The molecule has 1 aromatic heterocycles. The van der Waals surface area contributed by atoms with Gasteiger partial charge >= 0.3 is 0 Å². The van der Waals surface area contributed by atoms with Gasteiger partial charge in [-0.05, 0) is 25.8 Å². The molecule has 1 fully saturated rings. The Morgan fingerprint density at radius 1 is 1.29 bits per heavy atom. The number of hydrogen-bond acceptors (Lipinski definition) is 5. The third-order valence-electron chi connectivity index (χ3n) is 4.12. The van der Waals surface area contributed by atoms with E-state index in [0.29, 0.717) is 36.7 Å². The summed E-state index contributed by atoms with van der Waals surface area (Å²) in [7, 11) is 1.58. The molecule has 1 aliphatic rings. The van der Waals surface area contributed by atoms with Crippen molar-refractivity contribution in [2.75, 3.05) is 12.4 Å². The number of anilines is 1. The van der Waals surface area contributed by atoms with Gasteiger partial charge in [0.2, 0.25) is 11.8 Å². The summed E-state index contributed by atoms with van der Waals surface area (Å²) in [6, 6.07) is 9.04. The van der Waals surface area contributed by atoms with E-state index in [0.717, 1.165) is 5.56 Å². The van der Waals surface area contributed by atoms with Crippen molar-refractivity contribution in [2.24, 2.45) is 5.41 Å². The first-order chi connectivity index (χ1) is 11.5. The molecular formula is C17H19N3O4. The highest BCUT2D eigenvalue weighted by Crippen LogP contribution is 2.46. The first kappa shape index (κ1) is 16.0. The minimum absolute atomic E-state index is 0.286. The Balaban J connectivity index is 1.62. The highest BCUT2D eigenvalue weighted by molar-refractivity contribution is 6.12. The molecule has 0 radical (unpaired) electrons. The maximum atomic E-state index is 12.5. The molecule has 2 N–H and O–H groups in total. The summed E-state index contributed by atoms with van der Waals surface area (Å²) in [6.45, 7) is 2.04. The molecule has 0 spiro atoms. The number of rotatable bonds is 6. The summed E-state index contributed by atoms with van der Waals surface area (Å²) in [5.74, 6) is 0.974. The number of methoxy groups -OCH3 is 1. The van der Waals surface area contributed by atoms with E-state index in [2.05, 4.69) is 15.8 Å². The summed E-state index contributed by atoms with van der Waals surface area (Å²) in [6.07, 6.45) is 1.04. The monoisotopic (exact) mass is 329 g/mol. The van der Waals surface area contributed by atoms with Crippen LogP contribution in [0.5, 0.6) is 5.75 Å². The zero-order chi connectivity index (χ0) is 17.2. The van der Waals surface area contributed by atoms with E-state index in [1.807, 2.05) is 24.3 Å². The number of carbonyl (C=O) groups excluding carboxylic acids is 2. The van der Waals surface area contributed by atoms with Crippen LogP contribution >= 0.6 is 0 Å². The SMILES string of the molecule is COc1ccccc1CNC(=O)C1(C(=O)Nc2cc(C)on2)CC1. The van der Waals surface area contributed by atoms with Crippen LogP contribution in [-0.2, 0) is 16.1 Å². The zero-order valence-electron chi connectivity index (χ0n) is 13.6. The average Bonchev–Trinajstić information content (AvgIpc) is 3.31. The van der Waals surface area contributed by atoms with Gasteiger partial charge in [0.05, 0.1) is 7.11 Å². The third kappa shape index (κ3) is 3.10. The van der Waals surface area contributed by atoms with Gasteiger partial charge < -0.3 is 19.9 Å². The van der Waals surface area contributed by atoms with Crippen LogP contribution < -0.4 is 15.4 Å². The van der Waals surface area contributed by atoms with E-state index in [-0.39, 0.29) is 11.8 Å². The van der Waals surface area contributed by atoms with E-state index in [9.17, 15) is 9.59 Å². The lowest BCUT2D eigenvalue weighted by Crippen LogP contribution is -2.39. The number of hydrogen-bond donors (Lipinski definition) is 2. The van der Waals surface area contributed by atoms with Crippen molar-refractivity contribution >= 4 is 17.6 Å². The first-order valence-electron chi connectivity index (χ1n) is 7.70. The maximum absolute atomic E-state index is 12.5. The van der Waals surface area contributed by atoms with E-state index in [4.69, 9.17) is 9.26 Å². The Hall–Kier alpha value is -2.83. The number of amides is 2. The second-order valence-electron chi connectivity index (χ2n) is 5.85. The summed E-state index contributed by atoms with van der Waals surface area (Å²) in [5, 5.41) is 9.18. The van der Waals surface area contributed by atoms with Gasteiger partial charge in [0, 0.05) is 18.2 Å². The minimum atomic E-state index is -1.02. The highest BCUT2D eigenvalue weighted by Gasteiger charge is 2.56. The van der Waals surface area contributed by atoms with E-state index < -0.39 is 5.41 Å². The first-order valence-corrected chi connectivity index (χ1v) is 7.70. The second kappa shape index (κ2) is 6.35. The van der Waals surface area contributed by atoms with Crippen LogP contribution in [0.3, 0.4) is 0 Å². The van der Waals surface area contributed by atoms with Gasteiger partial charge in [0.1, 0.15) is 16.9 Å². The molecule has 1 aliphatic carbocycles. The highest BCUT2D eigenvalue weighted by atomic mass is 16.5. The van der Waals surface area contributed by atoms with Crippen LogP contribution in [0, 0.1) is 12.3 Å². The number of ether oxygens (including phenoxy) is 1. The maximum Gasteiger partial charge on any atom is 0.241 e. The number of aryl methyl sites for hydroxylation is 1. The van der Waals surface area contributed by atoms with Crippen LogP contribution in [0.25, 0.3) is 0 Å². The van der Waals surface area contributed by atoms with Crippen molar-refractivity contribution in [1.29, 1.82) is 0 Å². The lowest BCUT2D eigenvalue weighted by atomic mass is 10.0. The van der Waals surface area contributed by atoms with Crippen molar-refractivity contribution in [1.82, 2.24) is 10.5 Å². The molecule has 3 rings (SSSR count). The van der Waals surface area contributed by atoms with Crippen LogP contribution in [0.2, 0.25) is 0 Å². The lowest BCUT2D eigenvalue weighted by Gasteiger charge is -2.15. The number of nitrogens with zero attached hydrogens (tertiary/aromatic N) is 1. The van der Waals surface area contributed by atoms with Crippen LogP contribution in [0.4, 0.5) is 5.82 Å². The number of carbonyl (C=O) groups is 2. The van der Waals surface area contributed by atoms with Crippen molar-refractivity contribution in [3.05, 3.63) is 41.7 Å². The fraction of sp³-hybridized carbons (Fsp3) is 0.353. The molecule has 0 unspecified atom stereocenters. The number of para-hydroxylation sites is 1. The van der Waals surface area contributed by atoms with E-state index in [1.54, 1.807) is 20.1 Å². The zero-order valence-corrected chi connectivity index (χ0v) is 13.6. The molecular weight excluding hydrogens is 310 g/mol. The van der Waals surface area contributed by atoms with Gasteiger partial charge in [-0.2, -0.15) is 0 Å². The molecule has 0 atom stereocenters. The van der Waals surface area contributed by atoms with E-state index in [1.165, 1.54) is 0 Å². The Morgan fingerprint density at radius 3 is 2.67 bits per heavy atom. The minimum Gasteiger partial charge on any atom is -0.496 e. The fourth-order valence-corrected chi connectivity index (χ4v) is 2.54. The Bertz CT molecular complexity index is 765. The predicted octanol–water partition coefficient (Wildman–Crippen LogP) is 2.03. The molecule has 2 aromatic rings. The quantitative estimate of drug-likeness (QED) is 0.791. The molecule has 7 heteroatoms. The van der Waals surface area contributed by atoms with Gasteiger partial charge in [-0.15, -0.1) is 0 Å². The topological polar surface area (TPSA) is 93.5 Å². The molecule has 0 bridgehead atoms. The number of benzene rings is 1. The summed E-state index contributed by atoms with van der Waals surface area (Å²) >= 11 is 0. The van der Waals surface area contributed by atoms with Crippen molar-refractivity contribution in [2.45, 2.75) is 26.3 Å². The Labute approximate surface area is 139 Å². The van der Waals surface area contributed by atoms with Crippen LogP contribution in [0.1, 0.15) is 24.2 Å². The van der Waals surface area contributed by atoms with Crippen LogP contribution in [-0.4, -0.2) is 24.1 Å². The molecule has 1 saturated carbocycles. The van der Waals surface area contributed by atoms with Gasteiger partial charge in [0.25, 0.3) is 0 Å². The van der Waals surface area contributed by atoms with Gasteiger partial charge in [0.15, 0.2) is 5.82 Å². The third-order valence-corrected chi connectivity index (χ3v) is 4.12. The van der Waals surface area contributed by atoms with Crippen LogP contribution in [0.15, 0.2) is 34.9 Å². The lowest BCUT2D eigenvalue weighted by molar-refractivity contribution is -0.134. The number of aromatic nitrogens is 1. The molecule has 0 aliphatic heterocycles. The Kier molecular flexibility index (Phi) is 4.24. The van der Waals surface area contributed by atoms with Crippen molar-refractivity contribution < 1.29 is 18.8 Å². The van der Waals surface area contributed by atoms with E-state index >= 15 is 0 Å². The molecule has 2 amide bonds. The average molecular weight is 329 g/mol. The molecule has 1 aromatic carbocycles. The summed E-state index contributed by atoms with van der Waals surface area (Å²) < 4.78 is 10.2. The van der Waals surface area contributed by atoms with Crippen molar-refractivity contribution in [3.63, 3.8) is 0 Å². The normalized spacial score (nSPS) is 14.8. The second-order valence-corrected chi connectivity index (χ2v) is 5.85. The number of nitrogens with one attached hydrogen (secondary N) is 2. The summed E-state index contributed by atoms with van der Waals surface area (Å²) in [4.78, 5) is 24.9. The molecule has 24 heavy (non-hydrogen) atoms. The van der Waals surface area contributed by atoms with Crippen molar-refractivity contribution in [3.8, 4) is 5.75 Å². The molecule has 126 valence electrons. The van der Waals surface area contributed by atoms with Gasteiger partial charge in [-0.1, -0.05) is 23.4 Å². The standard InChI is InChI=1S/C17H19N3O4/c1-11-9-14(20-24-11)19-16(22)17(7-8-17)15(21)18-10-12-5-3-4-6-13(12)23-2/h3-6,9H,7-8,10H2,1-2H3,(H,18,21)(H,19,20,22). The molecule has 0 saturated heterocycles. The fourth-order valence-electron chi connectivity index (χ4n) is 2.54. The summed E-state index contributed by atoms with van der Waals surface area (Å²) in [5.41, 5.74) is -0.161. The van der Waals surface area contributed by atoms with Gasteiger partial charge in [-0.25, -0.2) is 0 Å². The Morgan fingerprint density at radius 2 is 2.04 bits per heavy atom. The van der Waals surface area contributed by atoms with Gasteiger partial charge in [-0.3, -0.25) is 9.59 Å².